The van der Waals surface area contributed by atoms with Gasteiger partial charge in [0.1, 0.15) is 0 Å². The Labute approximate surface area is 118 Å². The number of allylic oxidation sites excluding steroid dienone is 1. The highest BCUT2D eigenvalue weighted by atomic mass is 31.2. The van der Waals surface area contributed by atoms with E-state index in [1.807, 2.05) is 0 Å². The molecule has 0 aromatic carbocycles. The molecule has 4 N–H and O–H groups in total. The fourth-order valence-electron chi connectivity index (χ4n) is 1.45. The molecule has 0 heterocycles. The summed E-state index contributed by atoms with van der Waals surface area (Å²) in [7, 11) is -8.74. The van der Waals surface area contributed by atoms with Crippen LogP contribution >= 0.6 is 15.6 Å². The maximum absolute atomic E-state index is 10.4. The molecule has 0 aliphatic rings. The van der Waals surface area contributed by atoms with Gasteiger partial charge in [-0.05, 0) is 25.3 Å². The Bertz CT molecular complexity index is 358. The highest BCUT2D eigenvalue weighted by molar-refractivity contribution is 7.46. The van der Waals surface area contributed by atoms with Crippen molar-refractivity contribution in [1.29, 1.82) is 0 Å². The van der Waals surface area contributed by atoms with Crippen LogP contribution in [0.3, 0.4) is 0 Å². The van der Waals surface area contributed by atoms with E-state index in [4.69, 9.17) is 19.6 Å². The van der Waals surface area contributed by atoms with Crippen LogP contribution in [0.2, 0.25) is 0 Å². The van der Waals surface area contributed by atoms with E-state index in [9.17, 15) is 9.13 Å². The Morgan fingerprint density at radius 2 is 1.35 bits per heavy atom. The van der Waals surface area contributed by atoms with Crippen LogP contribution in [-0.2, 0) is 18.2 Å². The molecule has 0 bridgehead atoms. The number of phosphoric ester groups is 2. The lowest BCUT2D eigenvalue weighted by molar-refractivity contribution is 0.193. The van der Waals surface area contributed by atoms with Crippen LogP contribution in [0.5, 0.6) is 0 Å². The quantitative estimate of drug-likeness (QED) is 0.243. The van der Waals surface area contributed by atoms with Crippen molar-refractivity contribution in [2.24, 2.45) is 0 Å². The van der Waals surface area contributed by atoms with Crippen molar-refractivity contribution in [3.63, 3.8) is 0 Å². The van der Waals surface area contributed by atoms with Crippen LogP contribution in [0.1, 0.15) is 44.9 Å². The molecule has 0 saturated carbocycles. The first-order valence-electron chi connectivity index (χ1n) is 6.30. The van der Waals surface area contributed by atoms with Gasteiger partial charge < -0.3 is 14.3 Å². The van der Waals surface area contributed by atoms with Gasteiger partial charge in [0.05, 0.1) is 12.9 Å². The van der Waals surface area contributed by atoms with E-state index in [0.29, 0.717) is 12.8 Å². The van der Waals surface area contributed by atoms with Crippen molar-refractivity contribution in [3.8, 4) is 0 Å². The number of unbranched alkanes of at least 4 members (excludes halogenated alkanes) is 6. The van der Waals surface area contributed by atoms with Crippen molar-refractivity contribution in [3.05, 3.63) is 12.3 Å². The Balaban J connectivity index is 3.25. The number of hydrogen-bond acceptors (Lipinski definition) is 4. The van der Waals surface area contributed by atoms with Crippen LogP contribution in [0.25, 0.3) is 0 Å². The van der Waals surface area contributed by atoms with Gasteiger partial charge in [-0.25, -0.2) is 9.13 Å². The molecule has 0 amide bonds. The lowest BCUT2D eigenvalue weighted by Crippen LogP contribution is -1.92. The molecule has 0 aromatic heterocycles. The highest BCUT2D eigenvalue weighted by Gasteiger charge is 2.12. The third-order valence-electron chi connectivity index (χ3n) is 2.32. The predicted molar refractivity (Wildman–Crippen MR) is 72.6 cm³/mol. The molecule has 10 heteroatoms. The molecule has 0 saturated heterocycles. The summed E-state index contributed by atoms with van der Waals surface area (Å²) >= 11 is 0. The summed E-state index contributed by atoms with van der Waals surface area (Å²) in [4.78, 5) is 33.6. The Hall–Kier alpha value is -0.200. The standard InChI is InChI=1S/C10H22O8P2/c11-19(12,13)17-9-7-5-3-1-2-4-6-8-10-18-20(14,15)16/h7,9H,1-6,8,10H2,(H2,11,12,13)(H2,14,15,16)/b9-7+. The summed E-state index contributed by atoms with van der Waals surface area (Å²) in [5, 5.41) is 0. The van der Waals surface area contributed by atoms with Crippen molar-refractivity contribution in [2.45, 2.75) is 44.9 Å². The summed E-state index contributed by atoms with van der Waals surface area (Å²) in [6.45, 7) is 0.0622. The average Bonchev–Trinajstić information content (AvgIpc) is 2.27. The van der Waals surface area contributed by atoms with Crippen molar-refractivity contribution in [1.82, 2.24) is 0 Å². The summed E-state index contributed by atoms with van der Waals surface area (Å²) in [5.74, 6) is 0. The molecular formula is C10H22O8P2. The monoisotopic (exact) mass is 332 g/mol. The Morgan fingerprint density at radius 3 is 1.90 bits per heavy atom. The van der Waals surface area contributed by atoms with Crippen LogP contribution in [0, 0.1) is 0 Å². The summed E-state index contributed by atoms with van der Waals surface area (Å²) < 4.78 is 29.1. The predicted octanol–water partition coefficient (Wildman–Crippen LogP) is 2.45. The molecule has 0 fully saturated rings. The minimum atomic E-state index is -4.41. The van der Waals surface area contributed by atoms with Gasteiger partial charge in [0, 0.05) is 0 Å². The Morgan fingerprint density at radius 1 is 0.800 bits per heavy atom. The zero-order chi connectivity index (χ0) is 15.5. The smallest absolute Gasteiger partial charge is 0.413 e. The minimum absolute atomic E-state index is 0.0622. The second-order valence-corrected chi connectivity index (χ2v) is 6.63. The van der Waals surface area contributed by atoms with Gasteiger partial charge in [-0.3, -0.25) is 14.3 Å². The van der Waals surface area contributed by atoms with Crippen molar-refractivity contribution < 1.29 is 37.8 Å². The van der Waals surface area contributed by atoms with E-state index in [1.54, 1.807) is 6.08 Å². The number of rotatable bonds is 12. The first kappa shape index (κ1) is 19.8. The molecular weight excluding hydrogens is 310 g/mol. The lowest BCUT2D eigenvalue weighted by atomic mass is 10.1. The minimum Gasteiger partial charge on any atom is -0.413 e. The van der Waals surface area contributed by atoms with Gasteiger partial charge in [-0.15, -0.1) is 0 Å². The fourth-order valence-corrected chi connectivity index (χ4v) is 2.06. The van der Waals surface area contributed by atoms with E-state index in [0.717, 1.165) is 38.4 Å². The van der Waals surface area contributed by atoms with Gasteiger partial charge >= 0.3 is 15.6 Å². The highest BCUT2D eigenvalue weighted by Crippen LogP contribution is 2.36. The van der Waals surface area contributed by atoms with Gasteiger partial charge in [0.25, 0.3) is 0 Å². The maximum Gasteiger partial charge on any atom is 0.524 e. The fraction of sp³-hybridized carbons (Fsp3) is 0.800. The van der Waals surface area contributed by atoms with E-state index in [1.165, 1.54) is 0 Å². The van der Waals surface area contributed by atoms with Crippen LogP contribution < -0.4 is 0 Å². The van der Waals surface area contributed by atoms with Crippen molar-refractivity contribution >= 4 is 15.6 Å². The zero-order valence-electron chi connectivity index (χ0n) is 11.1. The second kappa shape index (κ2) is 10.5. The average molecular weight is 332 g/mol. The number of phosphoric acid groups is 2. The molecule has 0 spiro atoms. The molecule has 0 unspecified atom stereocenters. The van der Waals surface area contributed by atoms with E-state index >= 15 is 0 Å². The third-order valence-corrected chi connectivity index (χ3v) is 3.23. The third kappa shape index (κ3) is 17.8. The second-order valence-electron chi connectivity index (χ2n) is 4.20. The summed E-state index contributed by atoms with van der Waals surface area (Å²) in [5.41, 5.74) is 0. The number of hydrogen-bond donors (Lipinski definition) is 4. The van der Waals surface area contributed by atoms with Crippen molar-refractivity contribution in [2.75, 3.05) is 6.61 Å². The van der Waals surface area contributed by atoms with Crippen LogP contribution in [0.4, 0.5) is 0 Å². The lowest BCUT2D eigenvalue weighted by Gasteiger charge is -2.04. The summed E-state index contributed by atoms with van der Waals surface area (Å²) in [6.07, 6.45) is 8.52. The zero-order valence-corrected chi connectivity index (χ0v) is 12.9. The molecule has 0 rings (SSSR count). The largest absolute Gasteiger partial charge is 0.524 e. The summed E-state index contributed by atoms with van der Waals surface area (Å²) in [6, 6.07) is 0. The van der Waals surface area contributed by atoms with E-state index in [-0.39, 0.29) is 6.61 Å². The molecule has 0 aliphatic carbocycles. The van der Waals surface area contributed by atoms with Crippen LogP contribution in [0.15, 0.2) is 12.3 Å². The van der Waals surface area contributed by atoms with Gasteiger partial charge in [0.15, 0.2) is 0 Å². The normalized spacial score (nSPS) is 13.0. The molecule has 20 heavy (non-hydrogen) atoms. The molecule has 0 aliphatic heterocycles. The SMILES string of the molecule is O=P(O)(O)O/C=C/CCCCCCCCOP(=O)(O)O. The Kier molecular flexibility index (Phi) is 10.4. The van der Waals surface area contributed by atoms with Gasteiger partial charge in [0.2, 0.25) is 0 Å². The van der Waals surface area contributed by atoms with Crippen LogP contribution in [-0.4, -0.2) is 26.2 Å². The first-order chi connectivity index (χ1) is 9.21. The van der Waals surface area contributed by atoms with E-state index < -0.39 is 15.6 Å². The maximum atomic E-state index is 10.4. The topological polar surface area (TPSA) is 134 Å². The van der Waals surface area contributed by atoms with Gasteiger partial charge in [-0.2, -0.15) is 0 Å². The van der Waals surface area contributed by atoms with Gasteiger partial charge in [-0.1, -0.05) is 25.7 Å². The molecule has 0 aromatic rings. The molecule has 8 nitrogen and oxygen atoms in total. The molecule has 0 atom stereocenters. The molecule has 0 radical (unpaired) electrons. The first-order valence-corrected chi connectivity index (χ1v) is 9.36. The van der Waals surface area contributed by atoms with E-state index in [2.05, 4.69) is 9.05 Å². The molecule has 120 valence electrons.